The number of carboxylic acids is 1. The van der Waals surface area contributed by atoms with Gasteiger partial charge in [-0.25, -0.2) is 9.78 Å². The molecule has 0 spiro atoms. The van der Waals surface area contributed by atoms with Crippen LogP contribution < -0.4 is 5.32 Å². The van der Waals surface area contributed by atoms with Crippen molar-refractivity contribution in [3.05, 3.63) is 59.8 Å². The molecule has 2 rings (SSSR count). The topological polar surface area (TPSA) is 82.5 Å². The predicted octanol–water partition coefficient (Wildman–Crippen LogP) is 3.09. The molecule has 1 heterocycles. The Balaban J connectivity index is 2.18. The first kappa shape index (κ1) is 16.0. The monoisotopic (exact) mass is 300 g/mol. The van der Waals surface area contributed by atoms with Crippen molar-refractivity contribution in [2.24, 2.45) is 0 Å². The average molecular weight is 300 g/mol. The first-order valence-electron chi connectivity index (χ1n) is 7.31. The number of aromatic carboxylic acids is 1. The molecule has 0 radical (unpaired) electrons. The number of pyridine rings is 1. The van der Waals surface area contributed by atoms with E-state index in [1.165, 1.54) is 6.07 Å². The molecule has 2 unspecified atom stereocenters. The number of aliphatic hydroxyl groups excluding tert-OH is 1. The van der Waals surface area contributed by atoms with Crippen LogP contribution in [0.2, 0.25) is 0 Å². The maximum atomic E-state index is 11.0. The molecular weight excluding hydrogens is 280 g/mol. The van der Waals surface area contributed by atoms with Crippen LogP contribution >= 0.6 is 0 Å². The number of carbonyl (C=O) groups is 1. The highest BCUT2D eigenvalue weighted by Crippen LogP contribution is 2.22. The van der Waals surface area contributed by atoms with Gasteiger partial charge in [-0.2, -0.15) is 0 Å². The van der Waals surface area contributed by atoms with Crippen LogP contribution in [0.5, 0.6) is 0 Å². The van der Waals surface area contributed by atoms with Crippen LogP contribution in [-0.4, -0.2) is 27.2 Å². The van der Waals surface area contributed by atoms with E-state index in [4.69, 9.17) is 5.11 Å². The molecule has 0 amide bonds. The summed E-state index contributed by atoms with van der Waals surface area (Å²) < 4.78 is 0. The van der Waals surface area contributed by atoms with Gasteiger partial charge >= 0.3 is 5.97 Å². The summed E-state index contributed by atoms with van der Waals surface area (Å²) in [7, 11) is 0. The van der Waals surface area contributed by atoms with Gasteiger partial charge < -0.3 is 15.5 Å². The maximum absolute atomic E-state index is 11.0. The maximum Gasteiger partial charge on any atom is 0.354 e. The van der Waals surface area contributed by atoms with Gasteiger partial charge in [0.05, 0.1) is 12.1 Å². The van der Waals surface area contributed by atoms with Crippen molar-refractivity contribution in [3.8, 4) is 0 Å². The molecule has 22 heavy (non-hydrogen) atoms. The second-order valence-electron chi connectivity index (χ2n) is 5.11. The molecule has 3 N–H and O–H groups in total. The van der Waals surface area contributed by atoms with E-state index in [2.05, 4.69) is 10.3 Å². The summed E-state index contributed by atoms with van der Waals surface area (Å²) in [5, 5.41) is 22.7. The molecule has 0 aliphatic heterocycles. The number of nitrogens with one attached hydrogen (secondary N) is 1. The van der Waals surface area contributed by atoms with Crippen LogP contribution in [-0.2, 0) is 0 Å². The Labute approximate surface area is 129 Å². The minimum absolute atomic E-state index is 0.0190. The van der Waals surface area contributed by atoms with E-state index in [9.17, 15) is 9.90 Å². The lowest BCUT2D eigenvalue weighted by Crippen LogP contribution is -2.28. The normalized spacial score (nSPS) is 13.4. The van der Waals surface area contributed by atoms with Crippen molar-refractivity contribution < 1.29 is 15.0 Å². The van der Waals surface area contributed by atoms with Gasteiger partial charge in [-0.15, -0.1) is 0 Å². The van der Waals surface area contributed by atoms with Crippen molar-refractivity contribution in [1.29, 1.82) is 0 Å². The van der Waals surface area contributed by atoms with Gasteiger partial charge in [-0.1, -0.05) is 49.7 Å². The Morgan fingerprint density at radius 2 is 1.91 bits per heavy atom. The van der Waals surface area contributed by atoms with Gasteiger partial charge in [-0.05, 0) is 24.1 Å². The largest absolute Gasteiger partial charge is 0.477 e. The summed E-state index contributed by atoms with van der Waals surface area (Å²) in [6.07, 6.45) is 0.950. The van der Waals surface area contributed by atoms with Crippen LogP contribution in [0.25, 0.3) is 0 Å². The number of nitrogens with zero attached hydrogens (tertiary/aromatic N) is 1. The fourth-order valence-electron chi connectivity index (χ4n) is 2.33. The fourth-order valence-corrected chi connectivity index (χ4v) is 2.33. The van der Waals surface area contributed by atoms with Gasteiger partial charge in [0.25, 0.3) is 0 Å². The highest BCUT2D eigenvalue weighted by atomic mass is 16.4. The molecule has 2 atom stereocenters. The number of hydrogen-bond donors (Lipinski definition) is 3. The molecule has 0 aliphatic rings. The Hall–Kier alpha value is -2.40. The number of aliphatic hydroxyl groups is 1. The number of aromatic nitrogens is 1. The van der Waals surface area contributed by atoms with Crippen LogP contribution in [0.3, 0.4) is 0 Å². The first-order chi connectivity index (χ1) is 10.6. The average Bonchev–Trinajstić information content (AvgIpc) is 2.55. The van der Waals surface area contributed by atoms with E-state index in [0.29, 0.717) is 5.82 Å². The molecule has 0 aliphatic carbocycles. The van der Waals surface area contributed by atoms with Crippen molar-refractivity contribution in [2.45, 2.75) is 31.9 Å². The lowest BCUT2D eigenvalue weighted by atomic mass is 9.98. The highest BCUT2D eigenvalue weighted by molar-refractivity contribution is 5.85. The zero-order valence-electron chi connectivity index (χ0n) is 12.4. The second kappa shape index (κ2) is 7.56. The molecule has 0 saturated heterocycles. The minimum Gasteiger partial charge on any atom is -0.477 e. The van der Waals surface area contributed by atoms with Crippen LogP contribution in [0.1, 0.15) is 41.9 Å². The van der Waals surface area contributed by atoms with E-state index in [0.717, 1.165) is 18.4 Å². The smallest absolute Gasteiger partial charge is 0.354 e. The SMILES string of the molecule is CCCC(Nc1cccc(C(=O)O)n1)C(O)c1ccccc1. The third kappa shape index (κ3) is 4.05. The third-order valence-electron chi connectivity index (χ3n) is 3.42. The summed E-state index contributed by atoms with van der Waals surface area (Å²) in [5.41, 5.74) is 0.803. The minimum atomic E-state index is -1.07. The highest BCUT2D eigenvalue weighted by Gasteiger charge is 2.20. The first-order valence-corrected chi connectivity index (χ1v) is 7.31. The van der Waals surface area contributed by atoms with Crippen molar-refractivity contribution >= 4 is 11.8 Å². The van der Waals surface area contributed by atoms with Crippen molar-refractivity contribution in [1.82, 2.24) is 4.98 Å². The molecular formula is C17H20N2O3. The van der Waals surface area contributed by atoms with Gasteiger partial charge in [0, 0.05) is 0 Å². The second-order valence-corrected chi connectivity index (χ2v) is 5.11. The molecule has 1 aromatic carbocycles. The van der Waals surface area contributed by atoms with E-state index in [1.807, 2.05) is 37.3 Å². The lowest BCUT2D eigenvalue weighted by Gasteiger charge is -2.24. The molecule has 5 heteroatoms. The van der Waals surface area contributed by atoms with Crippen molar-refractivity contribution in [2.75, 3.05) is 5.32 Å². The Kier molecular flexibility index (Phi) is 5.49. The Morgan fingerprint density at radius 1 is 1.18 bits per heavy atom. The number of carboxylic acid groups (broad SMARTS) is 1. The van der Waals surface area contributed by atoms with Gasteiger partial charge in [0.1, 0.15) is 5.82 Å². The Bertz CT molecular complexity index is 616. The van der Waals surface area contributed by atoms with Crippen LogP contribution in [0.15, 0.2) is 48.5 Å². The Morgan fingerprint density at radius 3 is 2.55 bits per heavy atom. The summed E-state index contributed by atoms with van der Waals surface area (Å²) >= 11 is 0. The molecule has 116 valence electrons. The van der Waals surface area contributed by atoms with E-state index in [1.54, 1.807) is 12.1 Å². The number of benzene rings is 1. The fraction of sp³-hybridized carbons (Fsp3) is 0.294. The van der Waals surface area contributed by atoms with Gasteiger partial charge in [-0.3, -0.25) is 0 Å². The molecule has 0 fully saturated rings. The van der Waals surface area contributed by atoms with Crippen molar-refractivity contribution in [3.63, 3.8) is 0 Å². The zero-order valence-corrected chi connectivity index (χ0v) is 12.4. The zero-order chi connectivity index (χ0) is 15.9. The van der Waals surface area contributed by atoms with Gasteiger partial charge in [0.15, 0.2) is 5.69 Å². The standard InChI is InChI=1S/C17H20N2O3/c1-2-7-13(16(20)12-8-4-3-5-9-12)18-15-11-6-10-14(19-15)17(21)22/h3-6,8-11,13,16,20H,2,7H2,1H3,(H,18,19)(H,21,22). The number of anilines is 1. The number of rotatable bonds is 7. The third-order valence-corrected chi connectivity index (χ3v) is 3.42. The van der Waals surface area contributed by atoms with Crippen LogP contribution in [0, 0.1) is 0 Å². The lowest BCUT2D eigenvalue weighted by molar-refractivity contribution is 0.0690. The predicted molar refractivity (Wildman–Crippen MR) is 84.9 cm³/mol. The van der Waals surface area contributed by atoms with E-state index in [-0.39, 0.29) is 11.7 Å². The number of hydrogen-bond acceptors (Lipinski definition) is 4. The van der Waals surface area contributed by atoms with Crippen LogP contribution in [0.4, 0.5) is 5.82 Å². The molecule has 2 aromatic rings. The van der Waals surface area contributed by atoms with E-state index >= 15 is 0 Å². The quantitative estimate of drug-likeness (QED) is 0.732. The van der Waals surface area contributed by atoms with Gasteiger partial charge in [0.2, 0.25) is 0 Å². The summed E-state index contributed by atoms with van der Waals surface area (Å²) in [4.78, 5) is 15.0. The molecule has 0 bridgehead atoms. The molecule has 5 nitrogen and oxygen atoms in total. The summed E-state index contributed by atoms with van der Waals surface area (Å²) in [6.45, 7) is 2.04. The van der Waals surface area contributed by atoms with E-state index < -0.39 is 12.1 Å². The summed E-state index contributed by atoms with van der Waals surface area (Å²) in [6, 6.07) is 13.9. The molecule has 0 saturated carbocycles. The summed E-state index contributed by atoms with van der Waals surface area (Å²) in [5.74, 6) is -0.618. The molecule has 1 aromatic heterocycles.